The third-order valence-corrected chi connectivity index (χ3v) is 2.07. The Bertz CT molecular complexity index is 342. The predicted molar refractivity (Wildman–Crippen MR) is 55.7 cm³/mol. The van der Waals surface area contributed by atoms with E-state index in [-0.39, 0.29) is 29.4 Å². The van der Waals surface area contributed by atoms with Crippen LogP contribution < -0.4 is 5.32 Å². The number of carbonyl (C=O) groups excluding carboxylic acids is 1. The molecular weight excluding hydrogens is 218 g/mol. The molecule has 1 aromatic heterocycles. The van der Waals surface area contributed by atoms with E-state index in [9.17, 15) is 4.79 Å². The van der Waals surface area contributed by atoms with E-state index >= 15 is 0 Å². The van der Waals surface area contributed by atoms with E-state index in [2.05, 4.69) is 15.3 Å². The average Bonchev–Trinajstić information content (AvgIpc) is 2.25. The van der Waals surface area contributed by atoms with Gasteiger partial charge >= 0.3 is 0 Å². The van der Waals surface area contributed by atoms with Crippen molar-refractivity contribution >= 4 is 17.5 Å². The molecule has 0 radical (unpaired) electrons. The number of nitrogens with zero attached hydrogens (tertiary/aromatic N) is 2. The Labute approximate surface area is 92.5 Å². The number of aliphatic hydroxyl groups excluding tert-OH is 1. The number of amides is 1. The molecule has 82 valence electrons. The lowest BCUT2D eigenvalue weighted by atomic mass is 10.2. The molecule has 0 aliphatic heterocycles. The largest absolute Gasteiger partial charge is 0.394 e. The molecule has 0 saturated carbocycles. The zero-order valence-corrected chi connectivity index (χ0v) is 9.03. The molecule has 2 N–H and O–H groups in total. The summed E-state index contributed by atoms with van der Waals surface area (Å²) in [7, 11) is 0. The van der Waals surface area contributed by atoms with Crippen LogP contribution in [-0.4, -0.2) is 33.6 Å². The van der Waals surface area contributed by atoms with E-state index in [1.807, 2.05) is 6.92 Å². The highest BCUT2D eigenvalue weighted by atomic mass is 35.5. The van der Waals surface area contributed by atoms with Gasteiger partial charge in [0.05, 0.1) is 25.0 Å². The summed E-state index contributed by atoms with van der Waals surface area (Å²) in [6.07, 6.45) is 3.32. The van der Waals surface area contributed by atoms with Gasteiger partial charge in [-0.25, -0.2) is 4.98 Å². The molecule has 0 aliphatic rings. The Morgan fingerprint density at radius 1 is 1.67 bits per heavy atom. The Hall–Kier alpha value is -1.20. The summed E-state index contributed by atoms with van der Waals surface area (Å²) in [5.41, 5.74) is 0.148. The second-order valence-corrected chi connectivity index (χ2v) is 3.38. The minimum absolute atomic E-state index is 0.101. The fourth-order valence-electron chi connectivity index (χ4n) is 0.988. The Morgan fingerprint density at radius 2 is 2.40 bits per heavy atom. The highest BCUT2D eigenvalue weighted by molar-refractivity contribution is 6.29. The van der Waals surface area contributed by atoms with Crippen LogP contribution in [0.4, 0.5) is 0 Å². The van der Waals surface area contributed by atoms with E-state index in [0.717, 1.165) is 0 Å². The average molecular weight is 230 g/mol. The number of rotatable bonds is 4. The molecular formula is C9H12ClN3O2. The van der Waals surface area contributed by atoms with Crippen molar-refractivity contribution in [3.8, 4) is 0 Å². The lowest BCUT2D eigenvalue weighted by Gasteiger charge is -2.13. The monoisotopic (exact) mass is 229 g/mol. The predicted octanol–water partition coefficient (Wildman–Crippen LogP) is 0.631. The summed E-state index contributed by atoms with van der Waals surface area (Å²) in [6, 6.07) is -0.265. The van der Waals surface area contributed by atoms with E-state index in [1.54, 1.807) is 0 Å². The van der Waals surface area contributed by atoms with Crippen LogP contribution in [0, 0.1) is 0 Å². The first-order chi connectivity index (χ1) is 7.17. The van der Waals surface area contributed by atoms with Gasteiger partial charge in [0.25, 0.3) is 5.91 Å². The van der Waals surface area contributed by atoms with Gasteiger partial charge in [0.15, 0.2) is 0 Å². The topological polar surface area (TPSA) is 75.1 Å². The lowest BCUT2D eigenvalue weighted by Crippen LogP contribution is -2.37. The summed E-state index contributed by atoms with van der Waals surface area (Å²) in [5.74, 6) is -0.383. The molecule has 1 aromatic rings. The highest BCUT2D eigenvalue weighted by Crippen LogP contribution is 2.02. The fraction of sp³-hybridized carbons (Fsp3) is 0.444. The van der Waals surface area contributed by atoms with Crippen molar-refractivity contribution in [1.82, 2.24) is 15.3 Å². The number of hydrogen-bond donors (Lipinski definition) is 2. The van der Waals surface area contributed by atoms with Crippen molar-refractivity contribution in [2.45, 2.75) is 19.4 Å². The standard InChI is InChI=1S/C9H12ClN3O2/c1-2-6(5-14)12-9(15)7-3-11-4-8(10)13-7/h3-4,6,14H,2,5H2,1H3,(H,12,15). The highest BCUT2D eigenvalue weighted by Gasteiger charge is 2.12. The van der Waals surface area contributed by atoms with Crippen LogP contribution in [0.15, 0.2) is 12.4 Å². The summed E-state index contributed by atoms with van der Waals surface area (Å²) >= 11 is 5.59. The second kappa shape index (κ2) is 5.63. The number of halogens is 1. The molecule has 1 unspecified atom stereocenters. The van der Waals surface area contributed by atoms with Gasteiger partial charge in [0.1, 0.15) is 10.8 Å². The van der Waals surface area contributed by atoms with Gasteiger partial charge in [-0.1, -0.05) is 18.5 Å². The zero-order valence-electron chi connectivity index (χ0n) is 8.27. The molecule has 5 nitrogen and oxygen atoms in total. The summed E-state index contributed by atoms with van der Waals surface area (Å²) in [5, 5.41) is 11.7. The molecule has 0 spiro atoms. The maximum atomic E-state index is 11.5. The Morgan fingerprint density at radius 3 is 2.93 bits per heavy atom. The normalized spacial score (nSPS) is 12.2. The number of aromatic nitrogens is 2. The van der Waals surface area contributed by atoms with Gasteiger partial charge in [-0.2, -0.15) is 0 Å². The van der Waals surface area contributed by atoms with E-state index < -0.39 is 0 Å². The minimum Gasteiger partial charge on any atom is -0.394 e. The van der Waals surface area contributed by atoms with Gasteiger partial charge in [-0.15, -0.1) is 0 Å². The molecule has 0 saturated heterocycles. The quantitative estimate of drug-likeness (QED) is 0.794. The Kier molecular flexibility index (Phi) is 4.45. The third kappa shape index (κ3) is 3.45. The first kappa shape index (κ1) is 11.9. The van der Waals surface area contributed by atoms with E-state index in [0.29, 0.717) is 6.42 Å². The van der Waals surface area contributed by atoms with E-state index in [1.165, 1.54) is 12.4 Å². The lowest BCUT2D eigenvalue weighted by molar-refractivity contribution is 0.0909. The van der Waals surface area contributed by atoms with Crippen LogP contribution in [0.25, 0.3) is 0 Å². The number of carbonyl (C=O) groups is 1. The van der Waals surface area contributed by atoms with Crippen LogP contribution in [0.5, 0.6) is 0 Å². The first-order valence-electron chi connectivity index (χ1n) is 4.56. The van der Waals surface area contributed by atoms with Gasteiger partial charge in [0.2, 0.25) is 0 Å². The van der Waals surface area contributed by atoms with Gasteiger partial charge in [0, 0.05) is 0 Å². The Balaban J connectivity index is 2.68. The first-order valence-corrected chi connectivity index (χ1v) is 4.94. The van der Waals surface area contributed by atoms with Crippen LogP contribution >= 0.6 is 11.6 Å². The number of hydrogen-bond acceptors (Lipinski definition) is 4. The molecule has 0 aromatic carbocycles. The SMILES string of the molecule is CCC(CO)NC(=O)c1cncc(Cl)n1. The molecule has 15 heavy (non-hydrogen) atoms. The van der Waals surface area contributed by atoms with Crippen molar-refractivity contribution in [3.63, 3.8) is 0 Å². The molecule has 0 aliphatic carbocycles. The van der Waals surface area contributed by atoms with Crippen molar-refractivity contribution < 1.29 is 9.90 Å². The summed E-state index contributed by atoms with van der Waals surface area (Å²) in [4.78, 5) is 19.1. The molecule has 1 amide bonds. The molecule has 1 rings (SSSR count). The smallest absolute Gasteiger partial charge is 0.271 e. The zero-order chi connectivity index (χ0) is 11.3. The molecule has 6 heteroatoms. The van der Waals surface area contributed by atoms with Crippen molar-refractivity contribution in [2.75, 3.05) is 6.61 Å². The van der Waals surface area contributed by atoms with Crippen LogP contribution in [0.2, 0.25) is 5.15 Å². The summed E-state index contributed by atoms with van der Waals surface area (Å²) in [6.45, 7) is 1.76. The maximum absolute atomic E-state index is 11.5. The van der Waals surface area contributed by atoms with Crippen molar-refractivity contribution in [3.05, 3.63) is 23.2 Å². The third-order valence-electron chi connectivity index (χ3n) is 1.89. The van der Waals surface area contributed by atoms with Gasteiger partial charge in [-0.05, 0) is 6.42 Å². The number of aliphatic hydroxyl groups is 1. The van der Waals surface area contributed by atoms with Crippen molar-refractivity contribution in [2.24, 2.45) is 0 Å². The van der Waals surface area contributed by atoms with Gasteiger partial charge in [-0.3, -0.25) is 9.78 Å². The van der Waals surface area contributed by atoms with Crippen LogP contribution in [0.3, 0.4) is 0 Å². The second-order valence-electron chi connectivity index (χ2n) is 2.99. The molecule has 1 atom stereocenters. The molecule has 1 heterocycles. The molecule has 0 bridgehead atoms. The summed E-state index contributed by atoms with van der Waals surface area (Å²) < 4.78 is 0. The van der Waals surface area contributed by atoms with Gasteiger partial charge < -0.3 is 10.4 Å². The van der Waals surface area contributed by atoms with E-state index in [4.69, 9.17) is 16.7 Å². The van der Waals surface area contributed by atoms with Crippen LogP contribution in [-0.2, 0) is 0 Å². The van der Waals surface area contributed by atoms with Crippen LogP contribution in [0.1, 0.15) is 23.8 Å². The maximum Gasteiger partial charge on any atom is 0.271 e. The minimum atomic E-state index is -0.383. The molecule has 0 fully saturated rings. The van der Waals surface area contributed by atoms with Crippen molar-refractivity contribution in [1.29, 1.82) is 0 Å². The number of nitrogens with one attached hydrogen (secondary N) is 1. The fourth-order valence-corrected chi connectivity index (χ4v) is 1.14.